The summed E-state index contributed by atoms with van der Waals surface area (Å²) in [5, 5.41) is 1.11. The number of hydrogen-bond donors (Lipinski definition) is 0. The maximum absolute atomic E-state index is 4.84. The standard InChI is InChI=1S/C20H22BrN5/c1-14-17-5-6-18(24-20(17)23-15(2)19(14)21)26-10-8-25(9-11-26)13-16-4-3-7-22-12-16/h3-7,12H,8-11,13H2,1-2H3. The molecule has 0 atom stereocenters. The molecule has 0 bridgehead atoms. The van der Waals surface area contributed by atoms with Crippen LogP contribution in [0.5, 0.6) is 0 Å². The lowest BCUT2D eigenvalue weighted by Crippen LogP contribution is -2.46. The first-order valence-electron chi connectivity index (χ1n) is 8.91. The van der Waals surface area contributed by atoms with Crippen molar-refractivity contribution in [2.75, 3.05) is 31.1 Å². The van der Waals surface area contributed by atoms with Gasteiger partial charge in [-0.25, -0.2) is 9.97 Å². The van der Waals surface area contributed by atoms with Gasteiger partial charge in [0, 0.05) is 55.0 Å². The van der Waals surface area contributed by atoms with Crippen LogP contribution in [0.3, 0.4) is 0 Å². The van der Waals surface area contributed by atoms with Gasteiger partial charge in [-0.2, -0.15) is 0 Å². The molecular formula is C20H22BrN5. The second kappa shape index (κ2) is 7.29. The van der Waals surface area contributed by atoms with E-state index in [1.54, 1.807) is 0 Å². The molecular weight excluding hydrogens is 390 g/mol. The molecule has 134 valence electrons. The fraction of sp³-hybridized carbons (Fsp3) is 0.350. The molecule has 0 aliphatic carbocycles. The van der Waals surface area contributed by atoms with E-state index >= 15 is 0 Å². The van der Waals surface area contributed by atoms with Gasteiger partial charge in [0.05, 0.1) is 5.69 Å². The molecule has 1 aliphatic rings. The Labute approximate surface area is 162 Å². The number of aromatic nitrogens is 3. The largest absolute Gasteiger partial charge is 0.354 e. The van der Waals surface area contributed by atoms with E-state index < -0.39 is 0 Å². The van der Waals surface area contributed by atoms with Crippen molar-refractivity contribution in [3.63, 3.8) is 0 Å². The van der Waals surface area contributed by atoms with Gasteiger partial charge in [-0.15, -0.1) is 0 Å². The van der Waals surface area contributed by atoms with Crippen LogP contribution < -0.4 is 4.90 Å². The molecule has 4 heterocycles. The highest BCUT2D eigenvalue weighted by Gasteiger charge is 2.19. The van der Waals surface area contributed by atoms with E-state index in [0.29, 0.717) is 0 Å². The number of aryl methyl sites for hydroxylation is 2. The lowest BCUT2D eigenvalue weighted by molar-refractivity contribution is 0.249. The van der Waals surface area contributed by atoms with Crippen molar-refractivity contribution in [3.8, 4) is 0 Å². The summed E-state index contributed by atoms with van der Waals surface area (Å²) in [7, 11) is 0. The van der Waals surface area contributed by atoms with Crippen LogP contribution in [-0.2, 0) is 6.54 Å². The molecule has 26 heavy (non-hydrogen) atoms. The highest BCUT2D eigenvalue weighted by molar-refractivity contribution is 9.10. The van der Waals surface area contributed by atoms with Crippen molar-refractivity contribution in [3.05, 3.63) is 58.0 Å². The monoisotopic (exact) mass is 411 g/mol. The second-order valence-corrected chi connectivity index (χ2v) is 7.59. The summed E-state index contributed by atoms with van der Waals surface area (Å²) in [4.78, 5) is 18.5. The molecule has 0 amide bonds. The van der Waals surface area contributed by atoms with Crippen LogP contribution in [0.25, 0.3) is 11.0 Å². The van der Waals surface area contributed by atoms with Crippen molar-refractivity contribution in [1.82, 2.24) is 19.9 Å². The summed E-state index contributed by atoms with van der Waals surface area (Å²) < 4.78 is 1.07. The van der Waals surface area contributed by atoms with Gasteiger partial charge >= 0.3 is 0 Å². The Morgan fingerprint density at radius 3 is 2.58 bits per heavy atom. The van der Waals surface area contributed by atoms with Gasteiger partial charge in [-0.3, -0.25) is 9.88 Å². The first kappa shape index (κ1) is 17.4. The predicted molar refractivity (Wildman–Crippen MR) is 108 cm³/mol. The molecule has 0 radical (unpaired) electrons. The Morgan fingerprint density at radius 2 is 1.85 bits per heavy atom. The van der Waals surface area contributed by atoms with Crippen LogP contribution in [0.15, 0.2) is 41.1 Å². The highest BCUT2D eigenvalue weighted by atomic mass is 79.9. The Hall–Kier alpha value is -2.05. The Bertz CT molecular complexity index is 920. The predicted octanol–water partition coefficient (Wildman–Crippen LogP) is 3.73. The van der Waals surface area contributed by atoms with E-state index in [0.717, 1.165) is 59.7 Å². The van der Waals surface area contributed by atoms with Crippen molar-refractivity contribution < 1.29 is 0 Å². The van der Waals surface area contributed by atoms with E-state index in [4.69, 9.17) is 4.98 Å². The maximum atomic E-state index is 4.84. The van der Waals surface area contributed by atoms with E-state index in [9.17, 15) is 0 Å². The summed E-state index contributed by atoms with van der Waals surface area (Å²) in [6.45, 7) is 9.10. The summed E-state index contributed by atoms with van der Waals surface area (Å²) in [6, 6.07) is 8.40. The van der Waals surface area contributed by atoms with Gasteiger partial charge < -0.3 is 4.90 Å². The van der Waals surface area contributed by atoms with E-state index in [-0.39, 0.29) is 0 Å². The van der Waals surface area contributed by atoms with Gasteiger partial charge in [0.15, 0.2) is 5.65 Å². The smallest absolute Gasteiger partial charge is 0.162 e. The highest BCUT2D eigenvalue weighted by Crippen LogP contribution is 2.28. The van der Waals surface area contributed by atoms with Crippen molar-refractivity contribution >= 4 is 32.8 Å². The number of halogens is 1. The number of anilines is 1. The molecule has 0 saturated carbocycles. The third-order valence-electron chi connectivity index (χ3n) is 5.01. The molecule has 4 rings (SSSR count). The van der Waals surface area contributed by atoms with Crippen molar-refractivity contribution in [2.45, 2.75) is 20.4 Å². The molecule has 0 spiro atoms. The maximum Gasteiger partial charge on any atom is 0.162 e. The molecule has 0 aromatic carbocycles. The van der Waals surface area contributed by atoms with E-state index in [2.05, 4.69) is 60.8 Å². The minimum Gasteiger partial charge on any atom is -0.354 e. The molecule has 3 aromatic rings. The van der Waals surface area contributed by atoms with Gasteiger partial charge in [0.25, 0.3) is 0 Å². The molecule has 0 N–H and O–H groups in total. The first-order valence-corrected chi connectivity index (χ1v) is 9.71. The minimum atomic E-state index is 0.832. The van der Waals surface area contributed by atoms with Crippen LogP contribution in [-0.4, -0.2) is 46.0 Å². The average Bonchev–Trinajstić information content (AvgIpc) is 2.67. The Kier molecular flexibility index (Phi) is 4.87. The van der Waals surface area contributed by atoms with Crippen molar-refractivity contribution in [2.24, 2.45) is 0 Å². The fourth-order valence-corrected chi connectivity index (χ4v) is 3.78. The zero-order valence-electron chi connectivity index (χ0n) is 15.1. The van der Waals surface area contributed by atoms with Gasteiger partial charge in [-0.05, 0) is 59.1 Å². The third kappa shape index (κ3) is 3.44. The second-order valence-electron chi connectivity index (χ2n) is 6.80. The number of fused-ring (bicyclic) bond motifs is 1. The zero-order valence-corrected chi connectivity index (χ0v) is 16.7. The molecule has 0 unspecified atom stereocenters. The lowest BCUT2D eigenvalue weighted by Gasteiger charge is -2.35. The van der Waals surface area contributed by atoms with Crippen LogP contribution in [0.1, 0.15) is 16.8 Å². The van der Waals surface area contributed by atoms with Crippen LogP contribution in [0.2, 0.25) is 0 Å². The van der Waals surface area contributed by atoms with Crippen LogP contribution in [0.4, 0.5) is 5.82 Å². The molecule has 1 aliphatic heterocycles. The summed E-state index contributed by atoms with van der Waals surface area (Å²) >= 11 is 3.62. The number of hydrogen-bond acceptors (Lipinski definition) is 5. The number of piperazine rings is 1. The van der Waals surface area contributed by atoms with E-state index in [1.165, 1.54) is 11.1 Å². The molecule has 3 aromatic heterocycles. The SMILES string of the molecule is Cc1nc2nc(N3CCN(Cc4cccnc4)CC3)ccc2c(C)c1Br. The number of rotatable bonds is 3. The topological polar surface area (TPSA) is 45.2 Å². The minimum absolute atomic E-state index is 0.832. The van der Waals surface area contributed by atoms with Gasteiger partial charge in [-0.1, -0.05) is 6.07 Å². The fourth-order valence-electron chi connectivity index (χ4n) is 3.47. The zero-order chi connectivity index (χ0) is 18.1. The Balaban J connectivity index is 1.48. The van der Waals surface area contributed by atoms with E-state index in [1.807, 2.05) is 25.4 Å². The normalized spacial score (nSPS) is 15.6. The third-order valence-corrected chi connectivity index (χ3v) is 6.18. The molecule has 5 nitrogen and oxygen atoms in total. The van der Waals surface area contributed by atoms with Crippen LogP contribution >= 0.6 is 15.9 Å². The molecule has 6 heteroatoms. The molecule has 1 fully saturated rings. The quantitative estimate of drug-likeness (QED) is 0.656. The Morgan fingerprint density at radius 1 is 1.04 bits per heavy atom. The summed E-state index contributed by atoms with van der Waals surface area (Å²) in [5.41, 5.74) is 4.29. The molecule has 1 saturated heterocycles. The van der Waals surface area contributed by atoms with Crippen LogP contribution in [0, 0.1) is 13.8 Å². The van der Waals surface area contributed by atoms with Gasteiger partial charge in [0.2, 0.25) is 0 Å². The first-order chi connectivity index (χ1) is 12.6. The summed E-state index contributed by atoms with van der Waals surface area (Å²) in [5.74, 6) is 1.02. The number of pyridine rings is 3. The lowest BCUT2D eigenvalue weighted by atomic mass is 10.1. The van der Waals surface area contributed by atoms with Crippen molar-refractivity contribution in [1.29, 1.82) is 0 Å². The number of nitrogens with zero attached hydrogens (tertiary/aromatic N) is 5. The van der Waals surface area contributed by atoms with Gasteiger partial charge in [0.1, 0.15) is 5.82 Å². The average molecular weight is 412 g/mol. The summed E-state index contributed by atoms with van der Waals surface area (Å²) in [6.07, 6.45) is 3.77.